The zero-order valence-electron chi connectivity index (χ0n) is 17.8. The molecule has 6 rings (SSSR count). The molecule has 0 spiro atoms. The molecule has 2 aromatic rings. The molecule has 0 radical (unpaired) electrons. The van der Waals surface area contributed by atoms with E-state index in [1.54, 1.807) is 6.07 Å². The summed E-state index contributed by atoms with van der Waals surface area (Å²) in [6.45, 7) is 6.22. The van der Waals surface area contributed by atoms with Crippen molar-refractivity contribution in [2.24, 2.45) is 17.8 Å². The third-order valence-corrected chi connectivity index (χ3v) is 7.37. The molecule has 0 atom stereocenters. The van der Waals surface area contributed by atoms with E-state index in [0.717, 1.165) is 29.0 Å². The van der Waals surface area contributed by atoms with Crippen molar-refractivity contribution in [1.82, 2.24) is 0 Å². The van der Waals surface area contributed by atoms with E-state index in [0.29, 0.717) is 23.3 Å². The molecule has 3 nitrogen and oxygen atoms in total. The highest BCUT2D eigenvalue weighted by atomic mass is 16.5. The number of hydrogen-bond donors (Lipinski definition) is 1. The molecule has 1 amide bonds. The minimum atomic E-state index is -0.113. The second-order valence-electron chi connectivity index (χ2n) is 10.0. The molecule has 4 fully saturated rings. The van der Waals surface area contributed by atoms with Gasteiger partial charge in [0.1, 0.15) is 12.4 Å². The number of carbonyl (C=O) groups is 1. The van der Waals surface area contributed by atoms with Gasteiger partial charge < -0.3 is 10.1 Å². The molecule has 4 saturated carbocycles. The second-order valence-corrected chi connectivity index (χ2v) is 10.0. The molecule has 3 heteroatoms. The highest BCUT2D eigenvalue weighted by Crippen LogP contribution is 2.60. The fourth-order valence-electron chi connectivity index (χ4n) is 6.51. The monoisotopic (exact) mass is 401 g/mol. The van der Waals surface area contributed by atoms with E-state index in [1.165, 1.54) is 44.1 Å². The minimum absolute atomic E-state index is 0.113. The van der Waals surface area contributed by atoms with Crippen molar-refractivity contribution in [3.8, 4) is 5.75 Å². The number of nitrogens with one attached hydrogen (secondary N) is 1. The fourth-order valence-corrected chi connectivity index (χ4v) is 6.51. The Kier molecular flexibility index (Phi) is 4.92. The lowest BCUT2D eigenvalue weighted by atomic mass is 9.48. The van der Waals surface area contributed by atoms with Crippen LogP contribution in [0.5, 0.6) is 5.75 Å². The number of rotatable bonds is 6. The molecular weight excluding hydrogens is 370 g/mol. The van der Waals surface area contributed by atoms with Gasteiger partial charge >= 0.3 is 0 Å². The molecule has 0 heterocycles. The maximum atomic E-state index is 12.7. The van der Waals surface area contributed by atoms with Crippen molar-refractivity contribution in [3.05, 3.63) is 71.8 Å². The summed E-state index contributed by atoms with van der Waals surface area (Å²) >= 11 is 0. The van der Waals surface area contributed by atoms with Gasteiger partial charge in [0, 0.05) is 11.3 Å². The third-order valence-electron chi connectivity index (χ3n) is 7.37. The molecule has 0 saturated heterocycles. The van der Waals surface area contributed by atoms with Gasteiger partial charge in [0.15, 0.2) is 0 Å². The Balaban J connectivity index is 1.27. The van der Waals surface area contributed by atoms with Crippen LogP contribution in [0.15, 0.2) is 60.7 Å². The SMILES string of the molecule is C=C(C)COc1cccc(C(=O)Nc2ccc(C34CC5CC(CC(C5)C3)C4)cc2)c1. The van der Waals surface area contributed by atoms with E-state index in [9.17, 15) is 4.79 Å². The first-order valence-electron chi connectivity index (χ1n) is 11.3. The van der Waals surface area contributed by atoms with Crippen LogP contribution in [-0.4, -0.2) is 12.5 Å². The maximum Gasteiger partial charge on any atom is 0.255 e. The second kappa shape index (κ2) is 7.61. The van der Waals surface area contributed by atoms with Gasteiger partial charge in [-0.1, -0.05) is 24.8 Å². The first-order chi connectivity index (χ1) is 14.5. The Morgan fingerprint density at radius 2 is 1.67 bits per heavy atom. The van der Waals surface area contributed by atoms with E-state index in [2.05, 4.69) is 36.2 Å². The topological polar surface area (TPSA) is 38.3 Å². The molecule has 4 aliphatic rings. The van der Waals surface area contributed by atoms with E-state index in [1.807, 2.05) is 25.1 Å². The zero-order valence-corrected chi connectivity index (χ0v) is 17.8. The zero-order chi connectivity index (χ0) is 20.7. The van der Waals surface area contributed by atoms with Crippen molar-refractivity contribution in [3.63, 3.8) is 0 Å². The molecular formula is C27H31NO2. The van der Waals surface area contributed by atoms with Gasteiger partial charge in [-0.15, -0.1) is 0 Å². The molecule has 0 aliphatic heterocycles. The minimum Gasteiger partial charge on any atom is -0.489 e. The predicted octanol–water partition coefficient (Wildman–Crippen LogP) is 6.36. The first kappa shape index (κ1) is 19.4. The summed E-state index contributed by atoms with van der Waals surface area (Å²) in [6, 6.07) is 16.0. The Labute approximate surface area is 179 Å². The maximum absolute atomic E-state index is 12.7. The quantitative estimate of drug-likeness (QED) is 0.572. The standard InChI is InChI=1S/C27H31NO2/c1-18(2)17-30-25-5-3-4-22(13-25)26(29)28-24-8-6-23(7-9-24)27-14-19-10-20(15-27)12-21(11-19)16-27/h3-9,13,19-21H,1,10-12,14-17H2,2H3,(H,28,29). The largest absolute Gasteiger partial charge is 0.489 e. The Morgan fingerprint density at radius 3 is 2.27 bits per heavy atom. The lowest BCUT2D eigenvalue weighted by molar-refractivity contribution is -0.00518. The Morgan fingerprint density at radius 1 is 1.03 bits per heavy atom. The highest BCUT2D eigenvalue weighted by Gasteiger charge is 2.51. The molecule has 156 valence electrons. The van der Waals surface area contributed by atoms with E-state index in [-0.39, 0.29) is 5.91 Å². The average molecular weight is 402 g/mol. The van der Waals surface area contributed by atoms with Crippen LogP contribution >= 0.6 is 0 Å². The lowest BCUT2D eigenvalue weighted by Gasteiger charge is -2.57. The number of amides is 1. The van der Waals surface area contributed by atoms with Crippen LogP contribution in [0, 0.1) is 17.8 Å². The van der Waals surface area contributed by atoms with Crippen LogP contribution in [-0.2, 0) is 5.41 Å². The molecule has 30 heavy (non-hydrogen) atoms. The van der Waals surface area contributed by atoms with Crippen molar-refractivity contribution in [1.29, 1.82) is 0 Å². The third kappa shape index (κ3) is 3.78. The van der Waals surface area contributed by atoms with Gasteiger partial charge in [-0.05, 0) is 110 Å². The van der Waals surface area contributed by atoms with Crippen molar-refractivity contribution in [2.45, 2.75) is 50.9 Å². The van der Waals surface area contributed by atoms with Crippen LogP contribution in [0.2, 0.25) is 0 Å². The van der Waals surface area contributed by atoms with Gasteiger partial charge in [0.25, 0.3) is 5.91 Å². The predicted molar refractivity (Wildman–Crippen MR) is 121 cm³/mol. The van der Waals surface area contributed by atoms with Crippen LogP contribution in [0.3, 0.4) is 0 Å². The summed E-state index contributed by atoms with van der Waals surface area (Å²) in [7, 11) is 0. The number of benzene rings is 2. The molecule has 1 N–H and O–H groups in total. The van der Waals surface area contributed by atoms with Crippen LogP contribution < -0.4 is 10.1 Å². The number of carbonyl (C=O) groups excluding carboxylic acids is 1. The van der Waals surface area contributed by atoms with Gasteiger partial charge in [-0.3, -0.25) is 4.79 Å². The summed E-state index contributed by atoms with van der Waals surface area (Å²) in [5, 5.41) is 3.04. The van der Waals surface area contributed by atoms with Gasteiger partial charge in [-0.2, -0.15) is 0 Å². The summed E-state index contributed by atoms with van der Waals surface area (Å²) < 4.78 is 5.66. The Bertz CT molecular complexity index is 924. The van der Waals surface area contributed by atoms with Crippen molar-refractivity contribution in [2.75, 3.05) is 11.9 Å². The lowest BCUT2D eigenvalue weighted by Crippen LogP contribution is -2.48. The Hall–Kier alpha value is -2.55. The first-order valence-corrected chi connectivity index (χ1v) is 11.3. The fraction of sp³-hybridized carbons (Fsp3) is 0.444. The van der Waals surface area contributed by atoms with Crippen LogP contribution in [0.1, 0.15) is 61.4 Å². The van der Waals surface area contributed by atoms with E-state index < -0.39 is 0 Å². The van der Waals surface area contributed by atoms with E-state index >= 15 is 0 Å². The highest BCUT2D eigenvalue weighted by molar-refractivity contribution is 6.04. The molecule has 4 aliphatic carbocycles. The van der Waals surface area contributed by atoms with Gasteiger partial charge in [0.2, 0.25) is 0 Å². The van der Waals surface area contributed by atoms with Crippen molar-refractivity contribution < 1.29 is 9.53 Å². The summed E-state index contributed by atoms with van der Waals surface area (Å²) in [6.07, 6.45) is 8.47. The average Bonchev–Trinajstić information content (AvgIpc) is 2.72. The number of hydrogen-bond acceptors (Lipinski definition) is 2. The van der Waals surface area contributed by atoms with Crippen molar-refractivity contribution >= 4 is 11.6 Å². The van der Waals surface area contributed by atoms with Crippen LogP contribution in [0.25, 0.3) is 0 Å². The number of ether oxygens (including phenoxy) is 1. The molecule has 4 bridgehead atoms. The van der Waals surface area contributed by atoms with E-state index in [4.69, 9.17) is 4.74 Å². The van der Waals surface area contributed by atoms with Gasteiger partial charge in [0.05, 0.1) is 0 Å². The smallest absolute Gasteiger partial charge is 0.255 e. The summed E-state index contributed by atoms with van der Waals surface area (Å²) in [4.78, 5) is 12.7. The van der Waals surface area contributed by atoms with Crippen LogP contribution in [0.4, 0.5) is 5.69 Å². The van der Waals surface area contributed by atoms with Gasteiger partial charge in [-0.25, -0.2) is 0 Å². The number of anilines is 1. The summed E-state index contributed by atoms with van der Waals surface area (Å²) in [5.74, 6) is 3.39. The summed E-state index contributed by atoms with van der Waals surface area (Å²) in [5.41, 5.74) is 4.27. The molecule has 0 aromatic heterocycles. The molecule has 2 aromatic carbocycles. The normalized spacial score (nSPS) is 28.9. The molecule has 0 unspecified atom stereocenters.